The van der Waals surface area contributed by atoms with E-state index in [-0.39, 0.29) is 34.6 Å². The van der Waals surface area contributed by atoms with Crippen molar-refractivity contribution in [2.45, 2.75) is 19.1 Å². The molecule has 0 rings (SSSR count). The molecule has 25 heavy (non-hydrogen) atoms. The van der Waals surface area contributed by atoms with E-state index in [1.807, 2.05) is 0 Å². The predicted molar refractivity (Wildman–Crippen MR) is 135 cm³/mol. The molecule has 0 heterocycles. The zero-order chi connectivity index (χ0) is 18.6. The van der Waals surface area contributed by atoms with E-state index in [0.29, 0.717) is 0 Å². The summed E-state index contributed by atoms with van der Waals surface area (Å²) < 4.78 is 0. The van der Waals surface area contributed by atoms with Crippen LogP contribution in [0.15, 0.2) is 116 Å². The van der Waals surface area contributed by atoms with Gasteiger partial charge in [0.05, 0.1) is 6.10 Å². The first-order valence-corrected chi connectivity index (χ1v) is 6.73. The maximum Gasteiger partial charge on any atom is 0.0949 e. The molecule has 0 aliphatic heterocycles. The highest BCUT2D eigenvalue weighted by Crippen LogP contribution is 1.88. The Kier molecular flexibility index (Phi) is 13.3. The topological polar surface area (TPSA) is 46.2 Å². The van der Waals surface area contributed by atoms with Crippen LogP contribution < -0.4 is 5.73 Å². The van der Waals surface area contributed by atoms with Crippen LogP contribution in [0, 0.1) is 0 Å². The molecule has 0 saturated carbocycles. The van der Waals surface area contributed by atoms with Gasteiger partial charge < -0.3 is 10.8 Å². The molecule has 0 saturated heterocycles. The summed E-state index contributed by atoms with van der Waals surface area (Å²) in [7, 11) is 0. The lowest BCUT2D eigenvalue weighted by Crippen LogP contribution is -2.29. The number of aliphatic hydroxyl groups excluding tert-OH is 1. The zero-order valence-corrected chi connectivity index (χ0v) is 13.5. The van der Waals surface area contributed by atoms with Gasteiger partial charge >= 0.3 is 0 Å². The summed E-state index contributed by atoms with van der Waals surface area (Å²) in [5.41, 5.74) is 50.1. The molecule has 0 amide bonds. The number of rotatable bonds is 2. The summed E-state index contributed by atoms with van der Waals surface area (Å²) >= 11 is 0. The summed E-state index contributed by atoms with van der Waals surface area (Å²) in [6.07, 6.45) is 0.594. The molecule has 0 aliphatic rings. The molecule has 0 fully saturated rings. The number of aliphatic hydroxyl groups is 1. The van der Waals surface area contributed by atoms with Gasteiger partial charge in [-0.1, -0.05) is 11.5 Å². The van der Waals surface area contributed by atoms with E-state index >= 15 is 0 Å². The van der Waals surface area contributed by atoms with Crippen molar-refractivity contribution < 1.29 is 33.6 Å². The third kappa shape index (κ3) is 15.9. The van der Waals surface area contributed by atoms with Gasteiger partial charge in [0, 0.05) is 34.6 Å². The van der Waals surface area contributed by atoms with Crippen LogP contribution in [0.1, 0.15) is 35.5 Å². The summed E-state index contributed by atoms with van der Waals surface area (Å²) in [6.45, 7) is 4.98. The highest BCUT2D eigenvalue weighted by molar-refractivity contribution is 4.95. The maximum absolute atomic E-state index is 9.34. The van der Waals surface area contributed by atoms with Crippen LogP contribution in [-0.2, 0) is 0 Å². The van der Waals surface area contributed by atoms with E-state index in [1.54, 1.807) is 6.92 Å². The Morgan fingerprint density at radius 3 is 1.36 bits per heavy atom. The molecule has 0 spiro atoms. The minimum absolute atomic E-state index is 0. The minimum atomic E-state index is -0.778. The van der Waals surface area contributed by atoms with Crippen molar-refractivity contribution in [3.8, 4) is 0 Å². The Bertz CT molecular complexity index is 1220. The van der Waals surface area contributed by atoms with Gasteiger partial charge in [0.2, 0.25) is 0 Å². The van der Waals surface area contributed by atoms with E-state index in [0.717, 1.165) is 0 Å². The van der Waals surface area contributed by atoms with Crippen molar-refractivity contribution in [3.63, 3.8) is 0 Å². The van der Waals surface area contributed by atoms with Crippen LogP contribution in [0.2, 0.25) is 0 Å². The normalized spacial score (nSPS) is 7.96. The van der Waals surface area contributed by atoms with Crippen molar-refractivity contribution >= 4 is 0 Å². The molecular formula is C23H51NO. The fourth-order valence-corrected chi connectivity index (χ4v) is 0.797. The van der Waals surface area contributed by atoms with Crippen LogP contribution in [0.3, 0.4) is 0 Å². The zero-order valence-electron chi connectivity index (χ0n) is 13.5. The van der Waals surface area contributed by atoms with Gasteiger partial charge in [0.25, 0.3) is 0 Å². The van der Waals surface area contributed by atoms with Crippen LogP contribution in [-0.4, -0.2) is 17.3 Å². The van der Waals surface area contributed by atoms with Gasteiger partial charge in [-0.15, -0.1) is 0 Å². The van der Waals surface area contributed by atoms with Crippen LogP contribution >= 0.6 is 0 Å². The second-order valence-corrected chi connectivity index (χ2v) is 3.84. The average molecular weight is 358 g/mol. The Labute approximate surface area is 175 Å². The minimum Gasteiger partial charge on any atom is -0.387 e. The second-order valence-electron chi connectivity index (χ2n) is 3.84. The number of hydrogen-bond acceptors (Lipinski definition) is 2. The van der Waals surface area contributed by atoms with Crippen LogP contribution in [0.5, 0.6) is 0 Å². The highest BCUT2D eigenvalue weighted by atomic mass is 16.3. The van der Waals surface area contributed by atoms with Crippen molar-refractivity contribution in [2.75, 3.05) is 0 Å². The van der Waals surface area contributed by atoms with Crippen LogP contribution in [0.25, 0.3) is 0 Å². The summed E-state index contributed by atoms with van der Waals surface area (Å²) in [4.78, 5) is 0. The third-order valence-corrected chi connectivity index (χ3v) is 1.89. The van der Waals surface area contributed by atoms with Crippen molar-refractivity contribution in [3.05, 3.63) is 116 Å². The molecule has 0 bridgehead atoms. The molecular weight excluding hydrogens is 306 g/mol. The molecule has 0 radical (unpaired) electrons. The monoisotopic (exact) mass is 357 g/mol. The Hall–Kier alpha value is -4.30. The molecule has 0 aromatic rings. The summed E-state index contributed by atoms with van der Waals surface area (Å²) in [6, 6.07) is -0.373. The van der Waals surface area contributed by atoms with Gasteiger partial charge in [-0.2, -0.15) is 0 Å². The Balaban J connectivity index is -0.0000000152. The van der Waals surface area contributed by atoms with E-state index in [4.69, 9.17) is 5.73 Å². The standard InChI is InChI=1S/C23H11NO.20H2/c1-3-4-5-6-7-8-9-10-11-12-13-14-15-16-17-18-19-20-21-23(25)22(2)24;;;;;;;;;;;;;;;;;;;;/h21-23,25H,1,24H2,2H3;20*1H/t22-,23-;;;;;;;;;;;;;;;;;;;;/m0..................../s1. The van der Waals surface area contributed by atoms with E-state index in [2.05, 4.69) is 110 Å². The number of hydrogen-bond donors (Lipinski definition) is 2. The molecule has 3 N–H and O–H groups in total. The van der Waals surface area contributed by atoms with Gasteiger partial charge in [-0.3, -0.25) is 0 Å². The largest absolute Gasteiger partial charge is 0.387 e. The number of nitrogens with two attached hydrogens (primary N) is 1. The molecule has 154 valence electrons. The van der Waals surface area contributed by atoms with E-state index in [9.17, 15) is 5.11 Å². The van der Waals surface area contributed by atoms with Gasteiger partial charge in [0.1, 0.15) is 0 Å². The fraction of sp³-hybridized carbons (Fsp3) is 0.130. The molecule has 2 nitrogen and oxygen atoms in total. The first-order chi connectivity index (χ1) is 12.2. The molecule has 0 aliphatic carbocycles. The second kappa shape index (κ2) is 16.1. The molecule has 2 heteroatoms. The molecule has 0 aromatic carbocycles. The van der Waals surface area contributed by atoms with Crippen molar-refractivity contribution in [1.82, 2.24) is 0 Å². The smallest absolute Gasteiger partial charge is 0.0949 e. The fourth-order valence-electron chi connectivity index (χ4n) is 0.797. The van der Waals surface area contributed by atoms with E-state index in [1.165, 1.54) is 6.08 Å². The average Bonchev–Trinajstić information content (AvgIpc) is 2.60. The van der Waals surface area contributed by atoms with Crippen molar-refractivity contribution in [1.29, 1.82) is 0 Å². The quantitative estimate of drug-likeness (QED) is 0.500. The first-order valence-electron chi connectivity index (χ1n) is 6.73. The lowest BCUT2D eigenvalue weighted by atomic mass is 10.2. The summed E-state index contributed by atoms with van der Waals surface area (Å²) in [5.74, 6) is 0. The summed E-state index contributed by atoms with van der Waals surface area (Å²) in [5, 5.41) is 9.34. The lowest BCUT2D eigenvalue weighted by molar-refractivity contribution is 0.198. The molecule has 2 atom stereocenters. The Morgan fingerprint density at radius 2 is 1.04 bits per heavy atom. The van der Waals surface area contributed by atoms with Gasteiger partial charge in [0.15, 0.2) is 0 Å². The van der Waals surface area contributed by atoms with Crippen molar-refractivity contribution in [2.24, 2.45) is 5.73 Å². The maximum atomic E-state index is 9.34. The van der Waals surface area contributed by atoms with E-state index < -0.39 is 6.10 Å². The first kappa shape index (κ1) is 20.7. The predicted octanol–water partition coefficient (Wildman–Crippen LogP) is 7.59. The highest BCUT2D eigenvalue weighted by Gasteiger charge is 2.02. The van der Waals surface area contributed by atoms with Gasteiger partial charge in [-0.25, -0.2) is 0 Å². The molecule has 0 unspecified atom stereocenters. The van der Waals surface area contributed by atoms with Gasteiger partial charge in [-0.05, 0) is 111 Å². The SMILES string of the molecule is C=C=C=C=C=C=C=C=C=C=C=C=C=C=C=C=C=C=C=C[C@H](O)[C@H](C)N.[HH].[HH].[HH].[HH].[HH].[HH].[HH].[HH].[HH].[HH].[HH].[HH].[HH].[HH].[HH].[HH].[HH].[HH].[HH].[HH]. The lowest BCUT2D eigenvalue weighted by Gasteiger charge is -2.06. The molecule has 0 aromatic heterocycles. The third-order valence-electron chi connectivity index (χ3n) is 1.89. The Morgan fingerprint density at radius 1 is 0.720 bits per heavy atom. The van der Waals surface area contributed by atoms with Crippen LogP contribution in [0.4, 0.5) is 0 Å².